The lowest BCUT2D eigenvalue weighted by atomic mass is 9.99. The number of aromatic nitrogens is 1. The molecule has 1 aliphatic heterocycles. The maximum Gasteiger partial charge on any atom is 0.335 e. The summed E-state index contributed by atoms with van der Waals surface area (Å²) in [6.07, 6.45) is 2.44. The van der Waals surface area contributed by atoms with Crippen molar-refractivity contribution in [2.45, 2.75) is 27.2 Å². The van der Waals surface area contributed by atoms with E-state index in [1.165, 1.54) is 0 Å². The third-order valence-corrected chi connectivity index (χ3v) is 7.25. The minimum atomic E-state index is -0.903. The fourth-order valence-electron chi connectivity index (χ4n) is 4.65. The fraction of sp³-hybridized carbons (Fsp3) is 0.333. The van der Waals surface area contributed by atoms with Crippen LogP contribution in [0.5, 0.6) is 0 Å². The molecule has 0 amide bonds. The molecule has 1 aliphatic rings. The van der Waals surface area contributed by atoms with Gasteiger partial charge < -0.3 is 14.5 Å². The second kappa shape index (κ2) is 10.9. The first kappa shape index (κ1) is 25.3. The van der Waals surface area contributed by atoms with Gasteiger partial charge in [-0.25, -0.2) is 4.79 Å². The number of carboxylic acid groups (broad SMARTS) is 1. The number of carbonyl (C=O) groups is 1. The number of rotatable bonds is 7. The first-order chi connectivity index (χ1) is 16.8. The van der Waals surface area contributed by atoms with Gasteiger partial charge in [-0.05, 0) is 62.6 Å². The molecule has 35 heavy (non-hydrogen) atoms. The number of hydrogen-bond donors (Lipinski definition) is 1. The number of hydrogen-bond acceptors (Lipinski definition) is 5. The van der Waals surface area contributed by atoms with Crippen LogP contribution in [0, 0.1) is 13.8 Å². The van der Waals surface area contributed by atoms with Gasteiger partial charge in [-0.3, -0.25) is 4.90 Å². The van der Waals surface area contributed by atoms with Gasteiger partial charge in [0.1, 0.15) is 11.5 Å². The van der Waals surface area contributed by atoms with Crippen LogP contribution in [0.1, 0.15) is 29.4 Å². The first-order valence-corrected chi connectivity index (χ1v) is 12.4. The molecule has 3 aromatic rings. The molecule has 184 valence electrons. The van der Waals surface area contributed by atoms with Crippen LogP contribution in [0.3, 0.4) is 0 Å². The van der Waals surface area contributed by atoms with Crippen molar-refractivity contribution in [3.63, 3.8) is 0 Å². The van der Waals surface area contributed by atoms with Crippen LogP contribution >= 0.6 is 23.2 Å². The molecular formula is C27H29Cl2N3O3. The number of aliphatic carboxylic acids is 1. The molecule has 0 radical (unpaired) electrons. The maximum absolute atomic E-state index is 11.5. The lowest BCUT2D eigenvalue weighted by molar-refractivity contribution is -0.130. The molecule has 1 saturated heterocycles. The van der Waals surface area contributed by atoms with E-state index in [-0.39, 0.29) is 0 Å². The number of halogens is 2. The summed E-state index contributed by atoms with van der Waals surface area (Å²) in [6.45, 7) is 10.2. The van der Waals surface area contributed by atoms with Crippen molar-refractivity contribution in [2.75, 3.05) is 37.6 Å². The highest BCUT2D eigenvalue weighted by Crippen LogP contribution is 2.37. The lowest BCUT2D eigenvalue weighted by Gasteiger charge is -2.36. The molecule has 6 nitrogen and oxygen atoms in total. The van der Waals surface area contributed by atoms with E-state index < -0.39 is 5.97 Å². The van der Waals surface area contributed by atoms with Crippen molar-refractivity contribution in [3.05, 3.63) is 75.0 Å². The van der Waals surface area contributed by atoms with E-state index in [9.17, 15) is 9.90 Å². The van der Waals surface area contributed by atoms with Gasteiger partial charge >= 0.3 is 5.97 Å². The van der Waals surface area contributed by atoms with E-state index in [1.807, 2.05) is 44.2 Å². The maximum atomic E-state index is 11.5. The molecule has 1 aromatic heterocycles. The molecule has 4 rings (SSSR count). The molecule has 0 unspecified atom stereocenters. The van der Waals surface area contributed by atoms with Crippen molar-refractivity contribution in [1.29, 1.82) is 0 Å². The minimum absolute atomic E-state index is 0.334. The van der Waals surface area contributed by atoms with Crippen LogP contribution in [-0.2, 0) is 11.2 Å². The average Bonchev–Trinajstić information content (AvgIpc) is 3.19. The quantitative estimate of drug-likeness (QED) is 0.384. The van der Waals surface area contributed by atoms with Gasteiger partial charge in [0, 0.05) is 49.5 Å². The minimum Gasteiger partial charge on any atom is -0.478 e. The van der Waals surface area contributed by atoms with Crippen molar-refractivity contribution in [2.24, 2.45) is 0 Å². The standard InChI is InChI=1S/C27H29Cl2N3O3/c1-4-20(27(33)34)21-9-8-19(16-17(21)2)32-14-12-31(13-15-32)11-10-22-18(3)35-30-26(22)25-23(28)6-5-7-24(25)29/h4-9,16H,10-15H2,1-3H3,(H,33,34)/b20-4+. The SMILES string of the molecule is C/C=C(/C(=O)O)c1ccc(N2CCN(CCc3c(-c4c(Cl)cccc4Cl)noc3C)CC2)cc1C. The Morgan fingerprint density at radius 1 is 1.11 bits per heavy atom. The van der Waals surface area contributed by atoms with E-state index in [1.54, 1.807) is 13.0 Å². The normalized spacial score (nSPS) is 15.0. The number of allylic oxidation sites excluding steroid dienone is 1. The molecule has 0 bridgehead atoms. The van der Waals surface area contributed by atoms with Gasteiger partial charge in [0.05, 0.1) is 15.6 Å². The second-order valence-corrected chi connectivity index (χ2v) is 9.56. The second-order valence-electron chi connectivity index (χ2n) is 8.75. The molecule has 0 atom stereocenters. The summed E-state index contributed by atoms with van der Waals surface area (Å²) >= 11 is 12.8. The van der Waals surface area contributed by atoms with Crippen molar-refractivity contribution in [3.8, 4) is 11.3 Å². The average molecular weight is 514 g/mol. The Kier molecular flexibility index (Phi) is 7.85. The summed E-state index contributed by atoms with van der Waals surface area (Å²) in [6, 6.07) is 11.5. The van der Waals surface area contributed by atoms with Crippen LogP contribution in [0.2, 0.25) is 10.0 Å². The topological polar surface area (TPSA) is 69.8 Å². The molecule has 1 fully saturated rings. The molecule has 2 aromatic carbocycles. The van der Waals surface area contributed by atoms with Gasteiger partial charge in [0.2, 0.25) is 0 Å². The van der Waals surface area contributed by atoms with Gasteiger partial charge in [0.25, 0.3) is 0 Å². The fourth-order valence-corrected chi connectivity index (χ4v) is 5.22. The Bertz CT molecular complexity index is 1240. The Hall–Kier alpha value is -2.80. The van der Waals surface area contributed by atoms with E-state index in [4.69, 9.17) is 27.7 Å². The largest absolute Gasteiger partial charge is 0.478 e. The van der Waals surface area contributed by atoms with E-state index in [0.717, 1.165) is 72.8 Å². The molecule has 0 spiro atoms. The summed E-state index contributed by atoms with van der Waals surface area (Å²) in [5.41, 5.74) is 5.66. The molecular weight excluding hydrogens is 485 g/mol. The van der Waals surface area contributed by atoms with Gasteiger partial charge in [-0.15, -0.1) is 0 Å². The van der Waals surface area contributed by atoms with Gasteiger partial charge in [0.15, 0.2) is 0 Å². The molecule has 2 heterocycles. The lowest BCUT2D eigenvalue weighted by Crippen LogP contribution is -2.47. The summed E-state index contributed by atoms with van der Waals surface area (Å²) in [5, 5.41) is 14.8. The van der Waals surface area contributed by atoms with Crippen LogP contribution in [0.25, 0.3) is 16.8 Å². The number of aryl methyl sites for hydroxylation is 2. The number of piperazine rings is 1. The van der Waals surface area contributed by atoms with Gasteiger partial charge in [-0.2, -0.15) is 0 Å². The zero-order valence-corrected chi connectivity index (χ0v) is 21.7. The number of benzene rings is 2. The van der Waals surface area contributed by atoms with Crippen molar-refractivity contribution < 1.29 is 14.4 Å². The Morgan fingerprint density at radius 3 is 2.40 bits per heavy atom. The van der Waals surface area contributed by atoms with E-state index in [0.29, 0.717) is 21.3 Å². The Morgan fingerprint density at radius 2 is 1.80 bits per heavy atom. The van der Waals surface area contributed by atoms with Crippen LogP contribution < -0.4 is 4.90 Å². The first-order valence-electron chi connectivity index (χ1n) is 11.7. The monoisotopic (exact) mass is 513 g/mol. The van der Waals surface area contributed by atoms with E-state index in [2.05, 4.69) is 21.0 Å². The molecule has 1 N–H and O–H groups in total. The van der Waals surface area contributed by atoms with Crippen LogP contribution in [-0.4, -0.2) is 53.9 Å². The molecule has 0 saturated carbocycles. The van der Waals surface area contributed by atoms with Crippen molar-refractivity contribution in [1.82, 2.24) is 10.1 Å². The predicted octanol–water partition coefficient (Wildman–Crippen LogP) is 6.12. The molecule has 8 heteroatoms. The number of anilines is 1. The molecule has 0 aliphatic carbocycles. The Balaban J connectivity index is 1.40. The predicted molar refractivity (Wildman–Crippen MR) is 142 cm³/mol. The summed E-state index contributed by atoms with van der Waals surface area (Å²) in [5.74, 6) is -0.118. The zero-order chi connectivity index (χ0) is 25.1. The van der Waals surface area contributed by atoms with Crippen molar-refractivity contribution >= 4 is 40.4 Å². The summed E-state index contributed by atoms with van der Waals surface area (Å²) in [4.78, 5) is 16.3. The van der Waals surface area contributed by atoms with Gasteiger partial charge in [-0.1, -0.05) is 46.6 Å². The smallest absolute Gasteiger partial charge is 0.335 e. The third kappa shape index (κ3) is 5.40. The highest BCUT2D eigenvalue weighted by Gasteiger charge is 2.22. The number of carboxylic acids is 1. The van der Waals surface area contributed by atoms with E-state index >= 15 is 0 Å². The summed E-state index contributed by atoms with van der Waals surface area (Å²) < 4.78 is 5.50. The zero-order valence-electron chi connectivity index (χ0n) is 20.1. The summed E-state index contributed by atoms with van der Waals surface area (Å²) in [7, 11) is 0. The third-order valence-electron chi connectivity index (χ3n) is 6.62. The highest BCUT2D eigenvalue weighted by atomic mass is 35.5. The highest BCUT2D eigenvalue weighted by molar-refractivity contribution is 6.39. The van der Waals surface area contributed by atoms with Crippen LogP contribution in [0.15, 0.2) is 47.0 Å². The number of nitrogens with zero attached hydrogens (tertiary/aromatic N) is 3. The van der Waals surface area contributed by atoms with Crippen LogP contribution in [0.4, 0.5) is 5.69 Å². The Labute approximate surface area is 215 Å².